The van der Waals surface area contributed by atoms with Gasteiger partial charge in [-0.2, -0.15) is 0 Å². The molecule has 0 aliphatic carbocycles. The first-order valence-corrected chi connectivity index (χ1v) is 7.11. The zero-order chi connectivity index (χ0) is 15.0. The molecule has 3 N–H and O–H groups in total. The van der Waals surface area contributed by atoms with E-state index >= 15 is 0 Å². The van der Waals surface area contributed by atoms with Gasteiger partial charge >= 0.3 is 6.09 Å². The molecule has 112 valence electrons. The number of imidazole rings is 1. The van der Waals surface area contributed by atoms with Crippen LogP contribution in [-0.2, 0) is 0 Å². The molecule has 1 amide bonds. The van der Waals surface area contributed by atoms with Crippen LogP contribution in [0.3, 0.4) is 0 Å². The van der Waals surface area contributed by atoms with E-state index in [4.69, 9.17) is 16.7 Å². The number of amides is 1. The third-order valence-electron chi connectivity index (χ3n) is 3.87. The number of aromatic amines is 1. The normalized spacial score (nSPS) is 17.9. The summed E-state index contributed by atoms with van der Waals surface area (Å²) in [4.78, 5) is 24.8. The summed E-state index contributed by atoms with van der Waals surface area (Å²) in [6.45, 7) is 3.38. The molecule has 0 unspecified atom stereocenters. The number of H-pyrrole nitrogens is 1. The first-order chi connectivity index (χ1) is 9.95. The van der Waals surface area contributed by atoms with E-state index in [-0.39, 0.29) is 5.54 Å². The van der Waals surface area contributed by atoms with E-state index in [2.05, 4.69) is 25.2 Å². The molecule has 3 heterocycles. The Balaban J connectivity index is 1.75. The lowest BCUT2D eigenvalue weighted by atomic mass is 9.90. The highest BCUT2D eigenvalue weighted by Gasteiger charge is 2.32. The monoisotopic (exact) mass is 309 g/mol. The average molecular weight is 310 g/mol. The third-order valence-corrected chi connectivity index (χ3v) is 4.08. The van der Waals surface area contributed by atoms with E-state index < -0.39 is 6.09 Å². The highest BCUT2D eigenvalue weighted by Crippen LogP contribution is 2.26. The lowest BCUT2D eigenvalue weighted by molar-refractivity contribution is 0.173. The second kappa shape index (κ2) is 5.07. The molecule has 1 saturated heterocycles. The van der Waals surface area contributed by atoms with Crippen LogP contribution in [0.5, 0.6) is 0 Å². The van der Waals surface area contributed by atoms with E-state index in [9.17, 15) is 4.79 Å². The highest BCUT2D eigenvalue weighted by atomic mass is 35.5. The van der Waals surface area contributed by atoms with Gasteiger partial charge in [-0.25, -0.2) is 14.8 Å². The Labute approximate surface area is 126 Å². The van der Waals surface area contributed by atoms with Gasteiger partial charge in [0.2, 0.25) is 5.95 Å². The highest BCUT2D eigenvalue weighted by molar-refractivity contribution is 6.29. The van der Waals surface area contributed by atoms with Crippen LogP contribution in [0.15, 0.2) is 12.1 Å². The predicted molar refractivity (Wildman–Crippen MR) is 79.9 cm³/mol. The van der Waals surface area contributed by atoms with Crippen molar-refractivity contribution in [3.8, 4) is 0 Å². The summed E-state index contributed by atoms with van der Waals surface area (Å²) in [5, 5.41) is 11.9. The molecule has 0 aromatic carbocycles. The topological polar surface area (TPSA) is 94.1 Å². The molecule has 1 fully saturated rings. The minimum atomic E-state index is -0.978. The summed E-state index contributed by atoms with van der Waals surface area (Å²) in [5.41, 5.74) is 1.05. The number of aromatic nitrogens is 3. The predicted octanol–water partition coefficient (Wildman–Crippen LogP) is 2.24. The van der Waals surface area contributed by atoms with Crippen LogP contribution in [0.25, 0.3) is 11.2 Å². The summed E-state index contributed by atoms with van der Waals surface area (Å²) in [6.07, 6.45) is 0.475. The van der Waals surface area contributed by atoms with E-state index in [1.807, 2.05) is 13.0 Å². The fraction of sp³-hybridized carbons (Fsp3) is 0.462. The molecular formula is C13H16ClN5O2. The molecule has 1 aliphatic heterocycles. The zero-order valence-corrected chi connectivity index (χ0v) is 12.3. The Morgan fingerprint density at radius 3 is 2.81 bits per heavy atom. The summed E-state index contributed by atoms with van der Waals surface area (Å²) < 4.78 is 0. The zero-order valence-electron chi connectivity index (χ0n) is 11.6. The van der Waals surface area contributed by atoms with Gasteiger partial charge in [0.15, 0.2) is 5.65 Å². The SMILES string of the molecule is CC1(NC(=O)O)CCN(c2nc3ccc(Cl)nc3[nH]2)CC1. The van der Waals surface area contributed by atoms with Crippen molar-refractivity contribution in [2.45, 2.75) is 25.3 Å². The average Bonchev–Trinajstić information content (AvgIpc) is 2.81. The molecule has 0 saturated carbocycles. The van der Waals surface area contributed by atoms with Gasteiger partial charge < -0.3 is 20.3 Å². The van der Waals surface area contributed by atoms with Crippen LogP contribution in [0.1, 0.15) is 19.8 Å². The number of hydrogen-bond acceptors (Lipinski definition) is 4. The first-order valence-electron chi connectivity index (χ1n) is 6.73. The second-order valence-corrected chi connectivity index (χ2v) is 5.93. The molecule has 1 aliphatic rings. The number of hydrogen-bond donors (Lipinski definition) is 3. The van der Waals surface area contributed by atoms with Gasteiger partial charge in [-0.15, -0.1) is 0 Å². The lowest BCUT2D eigenvalue weighted by Gasteiger charge is -2.39. The van der Waals surface area contributed by atoms with Crippen molar-refractivity contribution in [3.05, 3.63) is 17.3 Å². The molecule has 21 heavy (non-hydrogen) atoms. The molecule has 2 aromatic rings. The smallest absolute Gasteiger partial charge is 0.405 e. The Bertz CT molecular complexity index is 678. The molecule has 0 atom stereocenters. The first kappa shape index (κ1) is 13.9. The van der Waals surface area contributed by atoms with Crippen molar-refractivity contribution in [1.82, 2.24) is 20.3 Å². The van der Waals surface area contributed by atoms with Crippen molar-refractivity contribution in [1.29, 1.82) is 0 Å². The molecule has 0 bridgehead atoms. The molecule has 0 radical (unpaired) electrons. The van der Waals surface area contributed by atoms with Gasteiger partial charge in [0.1, 0.15) is 10.7 Å². The minimum absolute atomic E-state index is 0.379. The fourth-order valence-electron chi connectivity index (χ4n) is 2.60. The Kier molecular flexibility index (Phi) is 3.36. The van der Waals surface area contributed by atoms with Gasteiger partial charge in [0.05, 0.1) is 0 Å². The molecule has 2 aromatic heterocycles. The van der Waals surface area contributed by atoms with Gasteiger partial charge in [0, 0.05) is 18.6 Å². The standard InChI is InChI=1S/C13H16ClN5O2/c1-13(18-12(20)21)4-6-19(7-5-13)11-15-8-2-3-9(14)16-10(8)17-11/h2-3,18H,4-7H2,1H3,(H,20,21)(H,15,16,17). The van der Waals surface area contributed by atoms with Gasteiger partial charge in [-0.1, -0.05) is 11.6 Å². The number of halogens is 1. The van der Waals surface area contributed by atoms with Gasteiger partial charge in [-0.05, 0) is 31.9 Å². The second-order valence-electron chi connectivity index (χ2n) is 5.54. The number of nitrogens with zero attached hydrogens (tertiary/aromatic N) is 3. The van der Waals surface area contributed by atoms with Crippen molar-refractivity contribution < 1.29 is 9.90 Å². The number of carboxylic acid groups (broad SMARTS) is 1. The number of fused-ring (bicyclic) bond motifs is 1. The van der Waals surface area contributed by atoms with Crippen LogP contribution in [0.2, 0.25) is 5.15 Å². The van der Waals surface area contributed by atoms with E-state index in [1.54, 1.807) is 6.07 Å². The number of piperidine rings is 1. The Hall–Kier alpha value is -2.02. The quantitative estimate of drug-likeness (QED) is 0.740. The van der Waals surface area contributed by atoms with Crippen LogP contribution < -0.4 is 10.2 Å². The maximum Gasteiger partial charge on any atom is 0.405 e. The van der Waals surface area contributed by atoms with E-state index in [0.717, 1.165) is 37.4 Å². The van der Waals surface area contributed by atoms with Crippen LogP contribution in [0.4, 0.5) is 10.7 Å². The van der Waals surface area contributed by atoms with E-state index in [1.165, 1.54) is 0 Å². The van der Waals surface area contributed by atoms with Crippen LogP contribution >= 0.6 is 11.6 Å². The Morgan fingerprint density at radius 2 is 2.14 bits per heavy atom. The number of carbonyl (C=O) groups is 1. The summed E-state index contributed by atoms with van der Waals surface area (Å²) in [5.74, 6) is 0.747. The van der Waals surface area contributed by atoms with Crippen molar-refractivity contribution in [2.75, 3.05) is 18.0 Å². The van der Waals surface area contributed by atoms with Crippen LogP contribution in [0, 0.1) is 0 Å². The molecule has 0 spiro atoms. The van der Waals surface area contributed by atoms with Crippen molar-refractivity contribution in [2.24, 2.45) is 0 Å². The van der Waals surface area contributed by atoms with Gasteiger partial charge in [-0.3, -0.25) is 0 Å². The summed E-state index contributed by atoms with van der Waals surface area (Å²) in [6, 6.07) is 3.53. The maximum atomic E-state index is 10.8. The molecule has 3 rings (SSSR count). The van der Waals surface area contributed by atoms with E-state index in [0.29, 0.717) is 10.8 Å². The largest absolute Gasteiger partial charge is 0.465 e. The summed E-state index contributed by atoms with van der Waals surface area (Å²) >= 11 is 5.86. The van der Waals surface area contributed by atoms with Crippen molar-refractivity contribution in [3.63, 3.8) is 0 Å². The number of rotatable bonds is 2. The van der Waals surface area contributed by atoms with Gasteiger partial charge in [0.25, 0.3) is 0 Å². The Morgan fingerprint density at radius 1 is 1.43 bits per heavy atom. The molecule has 7 nitrogen and oxygen atoms in total. The lowest BCUT2D eigenvalue weighted by Crippen LogP contribution is -2.53. The number of anilines is 1. The van der Waals surface area contributed by atoms with Crippen LogP contribution in [-0.4, -0.2) is 44.8 Å². The van der Waals surface area contributed by atoms with Crippen molar-refractivity contribution >= 4 is 34.8 Å². The number of nitrogens with one attached hydrogen (secondary N) is 2. The molecular weight excluding hydrogens is 294 g/mol. The summed E-state index contributed by atoms with van der Waals surface area (Å²) in [7, 11) is 0. The third kappa shape index (κ3) is 2.87. The molecule has 8 heteroatoms. The minimum Gasteiger partial charge on any atom is -0.465 e. The maximum absolute atomic E-state index is 10.8. The fourth-order valence-corrected chi connectivity index (χ4v) is 2.75. The number of pyridine rings is 1.